The van der Waals surface area contributed by atoms with Crippen molar-refractivity contribution in [2.75, 3.05) is 44.7 Å². The Kier molecular flexibility index (Phi) is 6.63. The first-order valence-corrected chi connectivity index (χ1v) is 10.8. The Labute approximate surface area is 183 Å². The van der Waals surface area contributed by atoms with Crippen LogP contribution in [-0.4, -0.2) is 50.6 Å². The van der Waals surface area contributed by atoms with Gasteiger partial charge in [0.2, 0.25) is 0 Å². The van der Waals surface area contributed by atoms with Gasteiger partial charge in [0.1, 0.15) is 11.9 Å². The van der Waals surface area contributed by atoms with E-state index in [0.29, 0.717) is 38.4 Å². The molecule has 0 saturated carbocycles. The minimum atomic E-state index is -0.208. The molecule has 1 unspecified atom stereocenters. The predicted octanol–water partition coefficient (Wildman–Crippen LogP) is 2.78. The number of halogens is 1. The first-order valence-electron chi connectivity index (χ1n) is 10.8. The number of para-hydroxylation sites is 1. The van der Waals surface area contributed by atoms with E-state index in [4.69, 9.17) is 0 Å². The van der Waals surface area contributed by atoms with Gasteiger partial charge in [0.05, 0.1) is 12.7 Å². The summed E-state index contributed by atoms with van der Waals surface area (Å²) in [4.78, 5) is 18.2. The van der Waals surface area contributed by atoms with Gasteiger partial charge in [-0.05, 0) is 12.1 Å². The largest absolute Gasteiger partial charge is 0.366 e. The van der Waals surface area contributed by atoms with Crippen molar-refractivity contribution in [1.82, 2.24) is 4.90 Å². The number of likely N-dealkylation sites (N-methyl/N-ethyl adjacent to an activating group) is 1. The number of carbonyl (C=O) groups is 1. The van der Waals surface area contributed by atoms with Crippen LogP contribution >= 0.6 is 0 Å². The van der Waals surface area contributed by atoms with Crippen molar-refractivity contribution in [2.45, 2.75) is 6.04 Å². The summed E-state index contributed by atoms with van der Waals surface area (Å²) < 4.78 is 14.1. The lowest BCUT2D eigenvalue weighted by Crippen LogP contribution is -3.10. The van der Waals surface area contributed by atoms with Crippen LogP contribution in [0.15, 0.2) is 84.9 Å². The average molecular weight is 419 g/mol. The number of benzene rings is 3. The molecule has 1 fully saturated rings. The summed E-state index contributed by atoms with van der Waals surface area (Å²) in [5, 5.41) is 0. The number of hydrogen-bond donors (Lipinski definition) is 1. The molecule has 3 aromatic carbocycles. The number of quaternary nitrogens is 1. The molecule has 160 valence electrons. The van der Waals surface area contributed by atoms with Crippen LogP contribution in [0.3, 0.4) is 0 Å². The summed E-state index contributed by atoms with van der Waals surface area (Å²) in [6.45, 7) is 2.93. The molecule has 1 aliphatic rings. The minimum Gasteiger partial charge on any atom is -0.366 e. The van der Waals surface area contributed by atoms with Crippen molar-refractivity contribution in [2.24, 2.45) is 0 Å². The summed E-state index contributed by atoms with van der Waals surface area (Å²) in [5.74, 6) is -0.0671. The summed E-state index contributed by atoms with van der Waals surface area (Å²) in [7, 11) is 2.08. The van der Waals surface area contributed by atoms with Crippen LogP contribution < -0.4 is 9.80 Å². The zero-order chi connectivity index (χ0) is 21.6. The summed E-state index contributed by atoms with van der Waals surface area (Å²) >= 11 is 0. The summed E-state index contributed by atoms with van der Waals surface area (Å²) in [6, 6.07) is 27.6. The van der Waals surface area contributed by atoms with Gasteiger partial charge in [0.15, 0.2) is 6.54 Å². The number of piperazine rings is 1. The van der Waals surface area contributed by atoms with Crippen LogP contribution in [0.2, 0.25) is 0 Å². The van der Waals surface area contributed by atoms with Crippen molar-refractivity contribution in [1.29, 1.82) is 0 Å². The number of rotatable bonds is 6. The Balaban J connectivity index is 1.42. The third-order valence-corrected chi connectivity index (χ3v) is 6.01. The molecule has 4 nitrogen and oxygen atoms in total. The second-order valence-electron chi connectivity index (χ2n) is 8.10. The van der Waals surface area contributed by atoms with E-state index in [1.54, 1.807) is 12.1 Å². The molecule has 5 heteroatoms. The smallest absolute Gasteiger partial charge is 0.277 e. The zero-order valence-corrected chi connectivity index (χ0v) is 17.9. The highest BCUT2D eigenvalue weighted by Gasteiger charge is 2.29. The first-order chi connectivity index (χ1) is 15.1. The van der Waals surface area contributed by atoms with Crippen LogP contribution in [0.4, 0.5) is 10.1 Å². The Morgan fingerprint density at radius 1 is 0.839 bits per heavy atom. The van der Waals surface area contributed by atoms with Crippen molar-refractivity contribution in [3.63, 3.8) is 0 Å². The number of hydrogen-bond acceptors (Lipinski definition) is 2. The molecule has 1 atom stereocenters. The van der Waals surface area contributed by atoms with E-state index in [0.717, 1.165) is 4.90 Å². The van der Waals surface area contributed by atoms with E-state index in [-0.39, 0.29) is 17.8 Å². The van der Waals surface area contributed by atoms with Crippen molar-refractivity contribution in [3.05, 3.63) is 102 Å². The van der Waals surface area contributed by atoms with E-state index in [1.807, 2.05) is 52.3 Å². The molecule has 0 aliphatic carbocycles. The fourth-order valence-electron chi connectivity index (χ4n) is 4.41. The van der Waals surface area contributed by atoms with Gasteiger partial charge in [-0.1, -0.05) is 72.8 Å². The fourth-order valence-corrected chi connectivity index (χ4v) is 4.41. The molecule has 0 radical (unpaired) electrons. The number of carbonyl (C=O) groups excluding carboxylic acids is 1. The molecule has 3 aromatic rings. The molecule has 1 aliphatic heterocycles. The maximum atomic E-state index is 14.1. The van der Waals surface area contributed by atoms with Crippen LogP contribution in [0.5, 0.6) is 0 Å². The average Bonchev–Trinajstić information content (AvgIpc) is 2.81. The Morgan fingerprint density at radius 2 is 1.35 bits per heavy atom. The van der Waals surface area contributed by atoms with Crippen molar-refractivity contribution < 1.29 is 14.1 Å². The lowest BCUT2D eigenvalue weighted by atomic mass is 9.97. The van der Waals surface area contributed by atoms with Crippen LogP contribution in [0.25, 0.3) is 0 Å². The van der Waals surface area contributed by atoms with E-state index in [2.05, 4.69) is 31.3 Å². The summed E-state index contributed by atoms with van der Waals surface area (Å²) in [5.41, 5.74) is 3.01. The van der Waals surface area contributed by atoms with E-state index < -0.39 is 0 Å². The van der Waals surface area contributed by atoms with Gasteiger partial charge in [-0.15, -0.1) is 0 Å². The number of nitrogens with zero attached hydrogens (tertiary/aromatic N) is 2. The molecule has 4 rings (SSSR count). The molecule has 1 heterocycles. The van der Waals surface area contributed by atoms with Crippen molar-refractivity contribution in [3.8, 4) is 0 Å². The van der Waals surface area contributed by atoms with Gasteiger partial charge in [0, 0.05) is 37.3 Å². The maximum absolute atomic E-state index is 14.1. The van der Waals surface area contributed by atoms with E-state index in [9.17, 15) is 9.18 Å². The van der Waals surface area contributed by atoms with Gasteiger partial charge in [-0.3, -0.25) is 4.79 Å². The number of amides is 1. The van der Waals surface area contributed by atoms with Crippen LogP contribution in [-0.2, 0) is 4.79 Å². The van der Waals surface area contributed by atoms with E-state index >= 15 is 0 Å². The monoisotopic (exact) mass is 418 g/mol. The fraction of sp³-hybridized carbons (Fsp3) is 0.269. The second kappa shape index (κ2) is 9.75. The Morgan fingerprint density at radius 3 is 1.90 bits per heavy atom. The quantitative estimate of drug-likeness (QED) is 0.667. The highest BCUT2D eigenvalue weighted by molar-refractivity contribution is 5.77. The molecule has 1 N–H and O–H groups in total. The predicted molar refractivity (Wildman–Crippen MR) is 122 cm³/mol. The minimum absolute atomic E-state index is 0.0889. The summed E-state index contributed by atoms with van der Waals surface area (Å²) in [6.07, 6.45) is 0. The standard InChI is InChI=1S/C26H28FN3O/c1-28(26(21-10-4-2-5-11-21)22-12-6-3-7-13-22)20-25(31)30-18-16-29(17-19-30)24-15-9-8-14-23(24)27/h2-15,26H,16-20H2,1H3/p+1. The zero-order valence-electron chi connectivity index (χ0n) is 17.9. The highest BCUT2D eigenvalue weighted by Crippen LogP contribution is 2.21. The van der Waals surface area contributed by atoms with Crippen LogP contribution in [0, 0.1) is 5.82 Å². The van der Waals surface area contributed by atoms with Gasteiger partial charge in [-0.25, -0.2) is 4.39 Å². The van der Waals surface area contributed by atoms with Gasteiger partial charge >= 0.3 is 0 Å². The molecule has 0 bridgehead atoms. The maximum Gasteiger partial charge on any atom is 0.277 e. The molecular formula is C26H29FN3O+. The van der Waals surface area contributed by atoms with Crippen LogP contribution in [0.1, 0.15) is 17.2 Å². The lowest BCUT2D eigenvalue weighted by molar-refractivity contribution is -0.898. The first kappa shape index (κ1) is 21.1. The topological polar surface area (TPSA) is 28.0 Å². The van der Waals surface area contributed by atoms with Gasteiger partial charge < -0.3 is 14.7 Å². The Hall–Kier alpha value is -3.18. The van der Waals surface area contributed by atoms with E-state index in [1.165, 1.54) is 17.2 Å². The van der Waals surface area contributed by atoms with Crippen molar-refractivity contribution >= 4 is 11.6 Å². The molecule has 1 saturated heterocycles. The molecule has 0 spiro atoms. The molecule has 0 aromatic heterocycles. The highest BCUT2D eigenvalue weighted by atomic mass is 19.1. The van der Waals surface area contributed by atoms with Gasteiger partial charge in [-0.2, -0.15) is 0 Å². The normalized spacial score (nSPS) is 15.2. The third-order valence-electron chi connectivity index (χ3n) is 6.01. The number of nitrogens with one attached hydrogen (secondary N) is 1. The molecular weight excluding hydrogens is 389 g/mol. The second-order valence-corrected chi connectivity index (χ2v) is 8.10. The molecule has 1 amide bonds. The lowest BCUT2D eigenvalue weighted by Gasteiger charge is -2.37. The number of anilines is 1. The Bertz CT molecular complexity index is 948. The third kappa shape index (κ3) is 4.94. The SMILES string of the molecule is C[NH+](CC(=O)N1CCN(c2ccccc2F)CC1)C(c1ccccc1)c1ccccc1. The molecule has 31 heavy (non-hydrogen) atoms. The van der Waals surface area contributed by atoms with Gasteiger partial charge in [0.25, 0.3) is 5.91 Å².